The summed E-state index contributed by atoms with van der Waals surface area (Å²) in [6.45, 7) is 11.8. The Balaban J connectivity index is 3.00. The molecule has 1 unspecified atom stereocenters. The zero-order chi connectivity index (χ0) is 17.0. The van der Waals surface area contributed by atoms with Gasteiger partial charge in [-0.05, 0) is 53.5 Å². The minimum Gasteiger partial charge on any atom is -0.444 e. The minimum absolute atomic E-state index is 0.0391. The maximum absolute atomic E-state index is 12.7. The summed E-state index contributed by atoms with van der Waals surface area (Å²) in [6, 6.07) is 10.3. The quantitative estimate of drug-likeness (QED) is 0.696. The highest BCUT2D eigenvalue weighted by Gasteiger charge is 2.35. The fourth-order valence-corrected chi connectivity index (χ4v) is 2.90. The molecule has 0 saturated carbocycles. The Bertz CT molecular complexity index is 474. The van der Waals surface area contributed by atoms with Gasteiger partial charge in [0.15, 0.2) is 0 Å². The third-order valence-electron chi connectivity index (χ3n) is 3.17. The van der Waals surface area contributed by atoms with E-state index in [0.29, 0.717) is 5.33 Å². The van der Waals surface area contributed by atoms with Crippen LogP contribution >= 0.6 is 15.9 Å². The van der Waals surface area contributed by atoms with E-state index >= 15 is 0 Å². The van der Waals surface area contributed by atoms with Crippen molar-refractivity contribution >= 4 is 22.0 Å². The van der Waals surface area contributed by atoms with Gasteiger partial charge in [0.05, 0.1) is 0 Å². The van der Waals surface area contributed by atoms with Crippen molar-refractivity contribution in [3.8, 4) is 0 Å². The molecule has 0 aliphatic carbocycles. The first-order chi connectivity index (χ1) is 10.0. The van der Waals surface area contributed by atoms with E-state index in [0.717, 1.165) is 6.42 Å². The van der Waals surface area contributed by atoms with Crippen LogP contribution < -0.4 is 0 Å². The summed E-state index contributed by atoms with van der Waals surface area (Å²) < 4.78 is 5.61. The largest absolute Gasteiger partial charge is 0.444 e. The minimum atomic E-state index is -0.496. The van der Waals surface area contributed by atoms with E-state index in [2.05, 4.69) is 28.1 Å². The number of alkyl halides is 1. The average Bonchev–Trinajstić information content (AvgIpc) is 2.35. The molecule has 1 atom stereocenters. The summed E-state index contributed by atoms with van der Waals surface area (Å²) in [4.78, 5) is 14.5. The molecule has 22 heavy (non-hydrogen) atoms. The lowest BCUT2D eigenvalue weighted by Crippen LogP contribution is -2.54. The molecule has 0 spiro atoms. The highest BCUT2D eigenvalue weighted by Crippen LogP contribution is 2.24. The normalized spacial score (nSPS) is 13.6. The predicted octanol–water partition coefficient (Wildman–Crippen LogP) is 5.03. The zero-order valence-electron chi connectivity index (χ0n) is 14.5. The van der Waals surface area contributed by atoms with Crippen molar-refractivity contribution in [2.75, 3.05) is 5.33 Å². The van der Waals surface area contributed by atoms with Crippen LogP contribution in [0.3, 0.4) is 0 Å². The molecule has 0 aliphatic rings. The number of hydrogen-bond acceptors (Lipinski definition) is 2. The molecule has 0 fully saturated rings. The lowest BCUT2D eigenvalue weighted by Gasteiger charge is -2.41. The SMILES string of the molecule is CC(C)(C)OC(=O)N(C(CBr)Cc1ccccc1)C(C)(C)C. The Morgan fingerprint density at radius 3 is 2.09 bits per heavy atom. The zero-order valence-corrected chi connectivity index (χ0v) is 16.1. The molecule has 0 heterocycles. The Labute approximate surface area is 143 Å². The van der Waals surface area contributed by atoms with Gasteiger partial charge in [-0.25, -0.2) is 4.79 Å². The average molecular weight is 370 g/mol. The molecule has 1 aromatic carbocycles. The van der Waals surface area contributed by atoms with Crippen LogP contribution in [0.5, 0.6) is 0 Å². The number of hydrogen-bond donors (Lipinski definition) is 0. The van der Waals surface area contributed by atoms with E-state index in [-0.39, 0.29) is 17.7 Å². The topological polar surface area (TPSA) is 29.5 Å². The van der Waals surface area contributed by atoms with Crippen molar-refractivity contribution in [3.63, 3.8) is 0 Å². The van der Waals surface area contributed by atoms with Crippen LogP contribution in [0.1, 0.15) is 47.1 Å². The maximum atomic E-state index is 12.7. The molecular weight excluding hydrogens is 342 g/mol. The Morgan fingerprint density at radius 1 is 1.14 bits per heavy atom. The van der Waals surface area contributed by atoms with Crippen LogP contribution in [0.25, 0.3) is 0 Å². The van der Waals surface area contributed by atoms with Gasteiger partial charge in [0, 0.05) is 16.9 Å². The highest BCUT2D eigenvalue weighted by atomic mass is 79.9. The Hall–Kier alpha value is -1.03. The molecule has 0 N–H and O–H groups in total. The van der Waals surface area contributed by atoms with Crippen LogP contribution in [0, 0.1) is 0 Å². The lowest BCUT2D eigenvalue weighted by molar-refractivity contribution is -0.00427. The van der Waals surface area contributed by atoms with E-state index in [4.69, 9.17) is 4.74 Å². The van der Waals surface area contributed by atoms with Gasteiger partial charge in [-0.15, -0.1) is 0 Å². The van der Waals surface area contributed by atoms with Crippen LogP contribution in [-0.4, -0.2) is 33.5 Å². The third kappa shape index (κ3) is 5.99. The molecule has 1 aromatic rings. The second kappa shape index (κ2) is 7.49. The van der Waals surface area contributed by atoms with Crippen molar-refractivity contribution in [2.24, 2.45) is 0 Å². The molecule has 3 nitrogen and oxygen atoms in total. The standard InChI is InChI=1S/C18H28BrNO2/c1-17(2,3)20(16(21)22-18(4,5)6)15(13-19)12-14-10-8-7-9-11-14/h7-11,15H,12-13H2,1-6H3. The molecule has 4 heteroatoms. The van der Waals surface area contributed by atoms with Gasteiger partial charge in [-0.3, -0.25) is 4.90 Å². The van der Waals surface area contributed by atoms with E-state index in [1.165, 1.54) is 5.56 Å². The summed E-state index contributed by atoms with van der Waals surface area (Å²) in [5.41, 5.74) is 0.407. The van der Waals surface area contributed by atoms with Crippen molar-refractivity contribution < 1.29 is 9.53 Å². The smallest absolute Gasteiger partial charge is 0.411 e. The highest BCUT2D eigenvalue weighted by molar-refractivity contribution is 9.09. The van der Waals surface area contributed by atoms with Crippen LogP contribution in [0.15, 0.2) is 30.3 Å². The molecule has 124 valence electrons. The summed E-state index contributed by atoms with van der Waals surface area (Å²) in [6.07, 6.45) is 0.531. The van der Waals surface area contributed by atoms with Crippen LogP contribution in [0.4, 0.5) is 4.79 Å². The van der Waals surface area contributed by atoms with Gasteiger partial charge in [-0.2, -0.15) is 0 Å². The maximum Gasteiger partial charge on any atom is 0.411 e. The number of benzene rings is 1. The van der Waals surface area contributed by atoms with Crippen molar-refractivity contribution in [2.45, 2.75) is 65.1 Å². The molecule has 0 bridgehead atoms. The first-order valence-corrected chi connectivity index (χ1v) is 8.79. The van der Waals surface area contributed by atoms with Gasteiger partial charge >= 0.3 is 6.09 Å². The lowest BCUT2D eigenvalue weighted by atomic mass is 9.99. The van der Waals surface area contributed by atoms with Crippen LogP contribution in [0.2, 0.25) is 0 Å². The summed E-state index contributed by atoms with van der Waals surface area (Å²) in [5, 5.41) is 0.707. The second-order valence-corrected chi connectivity index (χ2v) is 8.17. The Morgan fingerprint density at radius 2 is 1.68 bits per heavy atom. The third-order valence-corrected chi connectivity index (χ3v) is 3.92. The van der Waals surface area contributed by atoms with Gasteiger partial charge in [0.2, 0.25) is 0 Å². The number of ether oxygens (including phenoxy) is 1. The predicted molar refractivity (Wildman–Crippen MR) is 95.6 cm³/mol. The van der Waals surface area contributed by atoms with Gasteiger partial charge in [0.25, 0.3) is 0 Å². The molecule has 1 rings (SSSR count). The molecule has 0 aromatic heterocycles. The fraction of sp³-hybridized carbons (Fsp3) is 0.611. The summed E-state index contributed by atoms with van der Waals surface area (Å²) in [5.74, 6) is 0. The number of rotatable bonds is 4. The van der Waals surface area contributed by atoms with Gasteiger partial charge in [-0.1, -0.05) is 46.3 Å². The van der Waals surface area contributed by atoms with Crippen LogP contribution in [-0.2, 0) is 11.2 Å². The van der Waals surface area contributed by atoms with E-state index in [1.54, 1.807) is 0 Å². The molecular formula is C18H28BrNO2. The first-order valence-electron chi connectivity index (χ1n) is 7.67. The Kier molecular flexibility index (Phi) is 6.48. The number of carbonyl (C=O) groups is 1. The first kappa shape index (κ1) is 19.0. The molecule has 0 saturated heterocycles. The fourth-order valence-electron chi connectivity index (χ4n) is 2.38. The molecule has 1 amide bonds. The van der Waals surface area contributed by atoms with Crippen molar-refractivity contribution in [1.82, 2.24) is 4.90 Å². The van der Waals surface area contributed by atoms with E-state index < -0.39 is 5.60 Å². The number of nitrogens with zero attached hydrogens (tertiary/aromatic N) is 1. The monoisotopic (exact) mass is 369 g/mol. The number of carbonyl (C=O) groups excluding carboxylic acids is 1. The van der Waals surface area contributed by atoms with Gasteiger partial charge < -0.3 is 4.74 Å². The van der Waals surface area contributed by atoms with Gasteiger partial charge in [0.1, 0.15) is 5.60 Å². The number of amides is 1. The number of halogens is 1. The molecule has 0 aliphatic heterocycles. The summed E-state index contributed by atoms with van der Waals surface area (Å²) in [7, 11) is 0. The van der Waals surface area contributed by atoms with Crippen molar-refractivity contribution in [3.05, 3.63) is 35.9 Å². The molecule has 0 radical (unpaired) electrons. The second-order valence-electron chi connectivity index (χ2n) is 7.52. The summed E-state index contributed by atoms with van der Waals surface area (Å²) >= 11 is 3.56. The van der Waals surface area contributed by atoms with E-state index in [1.807, 2.05) is 64.6 Å². The van der Waals surface area contributed by atoms with E-state index in [9.17, 15) is 4.79 Å². The van der Waals surface area contributed by atoms with Crippen molar-refractivity contribution in [1.29, 1.82) is 0 Å².